The van der Waals surface area contributed by atoms with Crippen LogP contribution in [-0.2, 0) is 20.2 Å². The third kappa shape index (κ3) is 4.95. The normalized spacial score (nSPS) is 14.7. The molecule has 0 spiro atoms. The lowest BCUT2D eigenvalue weighted by atomic mass is 9.83. The molecule has 1 heterocycles. The molecule has 0 atom stereocenters. The van der Waals surface area contributed by atoms with Crippen molar-refractivity contribution in [3.05, 3.63) is 54.1 Å². The van der Waals surface area contributed by atoms with Gasteiger partial charge in [-0.2, -0.15) is 0 Å². The van der Waals surface area contributed by atoms with Crippen LogP contribution in [0.3, 0.4) is 0 Å². The van der Waals surface area contributed by atoms with Gasteiger partial charge in [-0.3, -0.25) is 19.7 Å². The molecule has 1 saturated heterocycles. The molecular weight excluding hydrogens is 466 g/mol. The summed E-state index contributed by atoms with van der Waals surface area (Å²) in [6, 6.07) is 14.5. The first-order valence-electron chi connectivity index (χ1n) is 11.2. The van der Waals surface area contributed by atoms with Crippen molar-refractivity contribution in [1.29, 1.82) is 0 Å². The van der Waals surface area contributed by atoms with E-state index < -0.39 is 16.1 Å². The molecule has 3 aromatic carbocycles. The second kappa shape index (κ2) is 8.88. The van der Waals surface area contributed by atoms with Gasteiger partial charge in [0, 0.05) is 35.2 Å². The number of carbonyl (C=O) groups excluding carboxylic acids is 2. The van der Waals surface area contributed by atoms with Gasteiger partial charge in [-0.05, 0) is 34.6 Å². The molecule has 3 aromatic rings. The van der Waals surface area contributed by atoms with Crippen molar-refractivity contribution in [2.45, 2.75) is 32.6 Å². The highest BCUT2D eigenvalue weighted by Gasteiger charge is 2.29. The smallest absolute Gasteiger partial charge is 0.328 e. The number of fused-ring (bicyclic) bond motifs is 1. The third-order valence-electron chi connectivity index (χ3n) is 5.96. The summed E-state index contributed by atoms with van der Waals surface area (Å²) in [5.41, 5.74) is 3.31. The molecule has 35 heavy (non-hydrogen) atoms. The lowest BCUT2D eigenvalue weighted by molar-refractivity contribution is -0.120. The molecule has 2 N–H and O–H groups in total. The number of amides is 3. The molecule has 0 aromatic heterocycles. The number of nitrogens with one attached hydrogen (secondary N) is 2. The van der Waals surface area contributed by atoms with E-state index in [4.69, 9.17) is 4.74 Å². The Hall–Kier alpha value is -3.59. The van der Waals surface area contributed by atoms with E-state index >= 15 is 0 Å². The van der Waals surface area contributed by atoms with Gasteiger partial charge in [-0.1, -0.05) is 51.1 Å². The number of imide groups is 1. The monoisotopic (exact) mass is 495 g/mol. The Labute approximate surface area is 205 Å². The van der Waals surface area contributed by atoms with Gasteiger partial charge in [-0.25, -0.2) is 13.2 Å². The Morgan fingerprint density at radius 1 is 1.00 bits per heavy atom. The van der Waals surface area contributed by atoms with Crippen LogP contribution in [0, 0.1) is 0 Å². The maximum atomic E-state index is 12.7. The average Bonchev–Trinajstić information content (AvgIpc) is 2.77. The molecular formula is C26H29N3O5S. The zero-order valence-electron chi connectivity index (χ0n) is 20.4. The van der Waals surface area contributed by atoms with Crippen molar-refractivity contribution >= 4 is 44.1 Å². The van der Waals surface area contributed by atoms with E-state index in [-0.39, 0.29) is 24.3 Å². The molecule has 0 radical (unpaired) electrons. The number of ether oxygens (including phenoxy) is 1. The number of hydrogen-bond acceptors (Lipinski definition) is 5. The molecule has 8 nitrogen and oxygen atoms in total. The van der Waals surface area contributed by atoms with Gasteiger partial charge in [0.15, 0.2) is 0 Å². The maximum absolute atomic E-state index is 12.7. The topological polar surface area (TPSA) is 105 Å². The van der Waals surface area contributed by atoms with Crippen LogP contribution < -0.4 is 19.7 Å². The molecule has 0 aliphatic carbocycles. The van der Waals surface area contributed by atoms with Crippen molar-refractivity contribution in [2.24, 2.45) is 0 Å². The fraction of sp³-hybridized carbons (Fsp3) is 0.308. The van der Waals surface area contributed by atoms with Crippen LogP contribution in [0.5, 0.6) is 5.75 Å². The number of rotatable bonds is 5. The predicted molar refractivity (Wildman–Crippen MR) is 139 cm³/mol. The van der Waals surface area contributed by atoms with Gasteiger partial charge in [0.1, 0.15) is 5.75 Å². The number of sulfonamides is 1. The van der Waals surface area contributed by atoms with E-state index in [1.807, 2.05) is 42.5 Å². The number of nitrogens with zero attached hydrogens (tertiary/aromatic N) is 1. The van der Waals surface area contributed by atoms with Crippen molar-refractivity contribution in [2.75, 3.05) is 29.5 Å². The fourth-order valence-electron chi connectivity index (χ4n) is 4.38. The summed E-state index contributed by atoms with van der Waals surface area (Å²) in [5, 5.41) is 3.95. The lowest BCUT2D eigenvalue weighted by Crippen LogP contribution is -2.49. The molecule has 0 saturated carbocycles. The van der Waals surface area contributed by atoms with Crippen LogP contribution in [0.15, 0.2) is 48.5 Å². The highest BCUT2D eigenvalue weighted by atomic mass is 32.2. The summed E-state index contributed by atoms with van der Waals surface area (Å²) in [6.07, 6.45) is 1.33. The first-order chi connectivity index (χ1) is 16.4. The number of benzene rings is 3. The molecule has 3 amide bonds. The predicted octanol–water partition coefficient (Wildman–Crippen LogP) is 4.63. The molecule has 1 fully saturated rings. The second-order valence-electron chi connectivity index (χ2n) is 9.66. The van der Waals surface area contributed by atoms with Gasteiger partial charge < -0.3 is 4.74 Å². The largest absolute Gasteiger partial charge is 0.496 e. The zero-order chi connectivity index (χ0) is 25.5. The summed E-state index contributed by atoms with van der Waals surface area (Å²) < 4.78 is 32.4. The van der Waals surface area contributed by atoms with Crippen LogP contribution in [0.4, 0.5) is 16.2 Å². The molecule has 9 heteroatoms. The lowest BCUT2D eigenvalue weighted by Gasteiger charge is -2.31. The quantitative estimate of drug-likeness (QED) is 0.537. The van der Waals surface area contributed by atoms with Crippen LogP contribution in [0.1, 0.15) is 32.8 Å². The number of methoxy groups -OCH3 is 1. The van der Waals surface area contributed by atoms with Crippen molar-refractivity contribution < 1.29 is 22.7 Å². The minimum Gasteiger partial charge on any atom is -0.496 e. The summed E-state index contributed by atoms with van der Waals surface area (Å²) in [4.78, 5) is 25.9. The number of urea groups is 1. The van der Waals surface area contributed by atoms with Crippen molar-refractivity contribution in [3.8, 4) is 16.9 Å². The van der Waals surface area contributed by atoms with E-state index in [0.29, 0.717) is 17.1 Å². The second-order valence-corrected chi connectivity index (χ2v) is 11.4. The van der Waals surface area contributed by atoms with E-state index in [0.717, 1.165) is 33.7 Å². The molecule has 1 aliphatic rings. The third-order valence-corrected chi connectivity index (χ3v) is 6.55. The molecule has 4 rings (SSSR count). The number of anilines is 2. The summed E-state index contributed by atoms with van der Waals surface area (Å²) >= 11 is 0. The maximum Gasteiger partial charge on any atom is 0.328 e. The minimum atomic E-state index is -3.47. The van der Waals surface area contributed by atoms with Crippen LogP contribution >= 0.6 is 0 Å². The van der Waals surface area contributed by atoms with E-state index in [1.54, 1.807) is 18.1 Å². The molecule has 0 bridgehead atoms. The minimum absolute atomic E-state index is 0.215. The van der Waals surface area contributed by atoms with Gasteiger partial charge in [-0.15, -0.1) is 0 Å². The average molecular weight is 496 g/mol. The van der Waals surface area contributed by atoms with Crippen LogP contribution in [0.2, 0.25) is 0 Å². The van der Waals surface area contributed by atoms with Crippen molar-refractivity contribution in [1.82, 2.24) is 5.32 Å². The fourth-order valence-corrected chi connectivity index (χ4v) is 4.96. The summed E-state index contributed by atoms with van der Waals surface area (Å²) in [7, 11) is -1.86. The summed E-state index contributed by atoms with van der Waals surface area (Å²) in [5.74, 6) is 0.375. The van der Waals surface area contributed by atoms with Gasteiger partial charge in [0.05, 0.1) is 19.1 Å². The number of hydrogen-bond donors (Lipinski definition) is 2. The molecule has 1 aliphatic heterocycles. The first kappa shape index (κ1) is 24.5. The SMILES string of the molecule is COc1c(-c2ccc(NS(C)(=O)=O)c3ccccc23)cc(N2CCC(=O)NC2=O)cc1C(C)(C)C. The Bertz CT molecular complexity index is 1440. The highest BCUT2D eigenvalue weighted by molar-refractivity contribution is 7.92. The van der Waals surface area contributed by atoms with E-state index in [9.17, 15) is 18.0 Å². The van der Waals surface area contributed by atoms with Gasteiger partial charge >= 0.3 is 6.03 Å². The number of carbonyl (C=O) groups is 2. The Morgan fingerprint density at radius 3 is 2.29 bits per heavy atom. The molecule has 0 unspecified atom stereocenters. The first-order valence-corrected chi connectivity index (χ1v) is 13.1. The van der Waals surface area contributed by atoms with Gasteiger partial charge in [0.25, 0.3) is 0 Å². The highest BCUT2D eigenvalue weighted by Crippen LogP contribution is 2.45. The Morgan fingerprint density at radius 2 is 1.69 bits per heavy atom. The van der Waals surface area contributed by atoms with E-state index in [2.05, 4.69) is 30.8 Å². The van der Waals surface area contributed by atoms with Gasteiger partial charge in [0.2, 0.25) is 15.9 Å². The zero-order valence-corrected chi connectivity index (χ0v) is 21.2. The Balaban J connectivity index is 2.00. The standard InChI is InChI=1S/C26H29N3O5S/c1-26(2,3)21-15-16(29-13-12-23(30)27-25(29)31)14-20(24(21)34-4)18-10-11-22(28-35(5,32)33)19-9-7-6-8-17(18)19/h6-11,14-15,28H,12-13H2,1-5H3,(H,27,30,31). The van der Waals surface area contributed by atoms with E-state index in [1.165, 1.54) is 0 Å². The molecule has 184 valence electrons. The van der Waals surface area contributed by atoms with Crippen molar-refractivity contribution in [3.63, 3.8) is 0 Å². The summed E-state index contributed by atoms with van der Waals surface area (Å²) in [6.45, 7) is 6.47. The van der Waals surface area contributed by atoms with Crippen LogP contribution in [0.25, 0.3) is 21.9 Å². The van der Waals surface area contributed by atoms with Crippen LogP contribution in [-0.4, -0.2) is 40.3 Å². The Kier molecular flexibility index (Phi) is 6.23.